The summed E-state index contributed by atoms with van der Waals surface area (Å²) < 4.78 is 0. The standard InChI is InChI=1S/C14H13N3O2/c18-17(19)13-7-3-6-11-12(8-9-15-14(11)13)16-10-4-1-2-5-10/h1-3,6-10H,4-5H2,(H,15,16). The predicted octanol–water partition coefficient (Wildman–Crippen LogP) is 3.27. The van der Waals surface area contributed by atoms with Gasteiger partial charge in [0.05, 0.1) is 4.92 Å². The van der Waals surface area contributed by atoms with Crippen LogP contribution in [0.5, 0.6) is 0 Å². The minimum absolute atomic E-state index is 0.0469. The van der Waals surface area contributed by atoms with Crippen LogP contribution in [0.4, 0.5) is 11.4 Å². The molecule has 0 unspecified atom stereocenters. The molecule has 96 valence electrons. The fraction of sp³-hybridized carbons (Fsp3) is 0.214. The van der Waals surface area contributed by atoms with Crippen molar-refractivity contribution < 1.29 is 4.92 Å². The SMILES string of the molecule is O=[N+]([O-])c1cccc2c(NC3CC=CC3)ccnc12. The number of anilines is 1. The second-order valence-electron chi connectivity index (χ2n) is 4.57. The monoisotopic (exact) mass is 255 g/mol. The molecule has 19 heavy (non-hydrogen) atoms. The lowest BCUT2D eigenvalue weighted by Gasteiger charge is -2.15. The molecular formula is C14H13N3O2. The Labute approximate surface area is 110 Å². The van der Waals surface area contributed by atoms with Crippen molar-refractivity contribution in [1.29, 1.82) is 0 Å². The lowest BCUT2D eigenvalue weighted by molar-refractivity contribution is -0.383. The minimum Gasteiger partial charge on any atom is -0.381 e. The maximum atomic E-state index is 11.0. The van der Waals surface area contributed by atoms with Gasteiger partial charge < -0.3 is 5.32 Å². The number of aromatic nitrogens is 1. The smallest absolute Gasteiger partial charge is 0.295 e. The van der Waals surface area contributed by atoms with Gasteiger partial charge in [-0.3, -0.25) is 10.1 Å². The van der Waals surface area contributed by atoms with Gasteiger partial charge in [0, 0.05) is 29.4 Å². The Morgan fingerprint density at radius 2 is 2.05 bits per heavy atom. The van der Waals surface area contributed by atoms with Crippen LogP contribution in [0.2, 0.25) is 0 Å². The molecule has 1 heterocycles. The number of hydrogen-bond acceptors (Lipinski definition) is 4. The first kappa shape index (κ1) is 11.6. The Morgan fingerprint density at radius 1 is 1.26 bits per heavy atom. The molecule has 0 saturated heterocycles. The van der Waals surface area contributed by atoms with Gasteiger partial charge in [-0.1, -0.05) is 24.3 Å². The minimum atomic E-state index is -0.393. The first-order valence-electron chi connectivity index (χ1n) is 6.19. The third kappa shape index (κ3) is 2.14. The van der Waals surface area contributed by atoms with E-state index in [0.29, 0.717) is 11.6 Å². The zero-order valence-electron chi connectivity index (χ0n) is 10.2. The van der Waals surface area contributed by atoms with Crippen LogP contribution in [0.1, 0.15) is 12.8 Å². The van der Waals surface area contributed by atoms with Gasteiger partial charge >= 0.3 is 0 Å². The summed E-state index contributed by atoms with van der Waals surface area (Å²) in [5.41, 5.74) is 1.39. The number of nitrogens with one attached hydrogen (secondary N) is 1. The summed E-state index contributed by atoms with van der Waals surface area (Å²) in [6, 6.07) is 7.27. The van der Waals surface area contributed by atoms with Crippen molar-refractivity contribution in [3.05, 3.63) is 52.7 Å². The number of nitro groups is 1. The molecule has 0 spiro atoms. The van der Waals surface area contributed by atoms with E-state index in [0.717, 1.165) is 23.9 Å². The number of rotatable bonds is 3. The van der Waals surface area contributed by atoms with Crippen LogP contribution >= 0.6 is 0 Å². The molecule has 0 radical (unpaired) electrons. The fourth-order valence-corrected chi connectivity index (χ4v) is 2.39. The molecule has 5 nitrogen and oxygen atoms in total. The van der Waals surface area contributed by atoms with Crippen molar-refractivity contribution >= 4 is 22.3 Å². The van der Waals surface area contributed by atoms with Gasteiger partial charge in [0.15, 0.2) is 0 Å². The second-order valence-corrected chi connectivity index (χ2v) is 4.57. The third-order valence-corrected chi connectivity index (χ3v) is 3.31. The third-order valence-electron chi connectivity index (χ3n) is 3.31. The van der Waals surface area contributed by atoms with Crippen LogP contribution in [0.3, 0.4) is 0 Å². The van der Waals surface area contributed by atoms with Gasteiger partial charge in [-0.25, -0.2) is 4.98 Å². The highest BCUT2D eigenvalue weighted by Crippen LogP contribution is 2.29. The van der Waals surface area contributed by atoms with E-state index >= 15 is 0 Å². The van der Waals surface area contributed by atoms with Crippen LogP contribution in [0.15, 0.2) is 42.6 Å². The van der Waals surface area contributed by atoms with E-state index in [-0.39, 0.29) is 5.69 Å². The van der Waals surface area contributed by atoms with E-state index in [1.165, 1.54) is 6.07 Å². The van der Waals surface area contributed by atoms with Crippen LogP contribution < -0.4 is 5.32 Å². The second kappa shape index (κ2) is 4.68. The quantitative estimate of drug-likeness (QED) is 0.519. The normalized spacial score (nSPS) is 14.9. The lowest BCUT2D eigenvalue weighted by atomic mass is 10.1. The molecule has 1 aromatic heterocycles. The van der Waals surface area contributed by atoms with Crippen molar-refractivity contribution in [2.75, 3.05) is 5.32 Å². The summed E-state index contributed by atoms with van der Waals surface area (Å²) in [5, 5.41) is 15.2. The van der Waals surface area contributed by atoms with Gasteiger partial charge in [0.25, 0.3) is 5.69 Å². The number of nitrogens with zero attached hydrogens (tertiary/aromatic N) is 2. The number of fused-ring (bicyclic) bond motifs is 1. The first-order valence-corrected chi connectivity index (χ1v) is 6.19. The van der Waals surface area contributed by atoms with Crippen molar-refractivity contribution in [3.8, 4) is 0 Å². The Hall–Kier alpha value is -2.43. The summed E-state index contributed by atoms with van der Waals surface area (Å²) in [4.78, 5) is 14.8. The van der Waals surface area contributed by atoms with E-state index in [2.05, 4.69) is 22.5 Å². The van der Waals surface area contributed by atoms with Crippen LogP contribution in [0, 0.1) is 10.1 Å². The molecule has 3 rings (SSSR count). The van der Waals surface area contributed by atoms with E-state index < -0.39 is 4.92 Å². The van der Waals surface area contributed by atoms with Crippen LogP contribution in [-0.2, 0) is 0 Å². The molecule has 1 aliphatic carbocycles. The van der Waals surface area contributed by atoms with Gasteiger partial charge in [-0.2, -0.15) is 0 Å². The highest BCUT2D eigenvalue weighted by molar-refractivity contribution is 5.96. The predicted molar refractivity (Wildman–Crippen MR) is 74.2 cm³/mol. The molecule has 2 aromatic rings. The number of nitro benzene ring substituents is 1. The average molecular weight is 255 g/mol. The number of pyridine rings is 1. The highest BCUT2D eigenvalue weighted by Gasteiger charge is 2.16. The van der Waals surface area contributed by atoms with E-state index in [1.807, 2.05) is 12.1 Å². The van der Waals surface area contributed by atoms with E-state index in [1.54, 1.807) is 12.3 Å². The van der Waals surface area contributed by atoms with Crippen molar-refractivity contribution in [1.82, 2.24) is 4.98 Å². The number of para-hydroxylation sites is 1. The summed E-state index contributed by atoms with van der Waals surface area (Å²) >= 11 is 0. The molecule has 1 N–H and O–H groups in total. The lowest BCUT2D eigenvalue weighted by Crippen LogP contribution is -2.15. The molecule has 0 bridgehead atoms. The number of non-ortho nitro benzene ring substituents is 1. The van der Waals surface area contributed by atoms with Crippen molar-refractivity contribution in [2.24, 2.45) is 0 Å². The molecular weight excluding hydrogens is 242 g/mol. The number of hydrogen-bond donors (Lipinski definition) is 1. The molecule has 0 saturated carbocycles. The van der Waals surface area contributed by atoms with Gasteiger partial charge in [-0.05, 0) is 18.9 Å². The molecule has 0 aliphatic heterocycles. The maximum absolute atomic E-state index is 11.0. The number of benzene rings is 1. The molecule has 5 heteroatoms. The molecule has 0 atom stereocenters. The van der Waals surface area contributed by atoms with Crippen molar-refractivity contribution in [2.45, 2.75) is 18.9 Å². The Kier molecular flexibility index (Phi) is 2.87. The highest BCUT2D eigenvalue weighted by atomic mass is 16.6. The summed E-state index contributed by atoms with van der Waals surface area (Å²) in [6.07, 6.45) is 7.87. The van der Waals surface area contributed by atoms with Gasteiger partial charge in [0.1, 0.15) is 5.52 Å². The topological polar surface area (TPSA) is 68.1 Å². The zero-order valence-corrected chi connectivity index (χ0v) is 10.2. The van der Waals surface area contributed by atoms with E-state index in [9.17, 15) is 10.1 Å². The molecule has 1 aliphatic rings. The van der Waals surface area contributed by atoms with Crippen LogP contribution in [0.25, 0.3) is 10.9 Å². The summed E-state index contributed by atoms with van der Waals surface area (Å²) in [6.45, 7) is 0. The van der Waals surface area contributed by atoms with Gasteiger partial charge in [0.2, 0.25) is 0 Å². The fourth-order valence-electron chi connectivity index (χ4n) is 2.39. The zero-order chi connectivity index (χ0) is 13.2. The maximum Gasteiger partial charge on any atom is 0.295 e. The first-order chi connectivity index (χ1) is 9.25. The Bertz CT molecular complexity index is 659. The Morgan fingerprint density at radius 3 is 2.79 bits per heavy atom. The molecule has 0 fully saturated rings. The summed E-state index contributed by atoms with van der Waals surface area (Å²) in [5.74, 6) is 0. The molecule has 1 aromatic carbocycles. The largest absolute Gasteiger partial charge is 0.381 e. The van der Waals surface area contributed by atoms with Crippen molar-refractivity contribution in [3.63, 3.8) is 0 Å². The Balaban J connectivity index is 2.05. The van der Waals surface area contributed by atoms with E-state index in [4.69, 9.17) is 0 Å². The van der Waals surface area contributed by atoms with Crippen LogP contribution in [-0.4, -0.2) is 15.9 Å². The average Bonchev–Trinajstić information content (AvgIpc) is 2.91. The van der Waals surface area contributed by atoms with Gasteiger partial charge in [-0.15, -0.1) is 0 Å². The summed E-state index contributed by atoms with van der Waals surface area (Å²) in [7, 11) is 0. The molecule has 0 amide bonds.